The molecule has 0 fully saturated rings. The fourth-order valence-electron chi connectivity index (χ4n) is 5.08. The second-order valence-corrected chi connectivity index (χ2v) is 13.3. The minimum Gasteiger partial charge on any atom is -0.489 e. The highest BCUT2D eigenvalue weighted by atomic mass is 32.2. The van der Waals surface area contributed by atoms with Crippen molar-refractivity contribution in [3.8, 4) is 5.75 Å². The number of rotatable bonds is 11. The normalized spacial score (nSPS) is 11.5. The SMILES string of the molecule is Cc1ccc(COc2ccc(C=NNC(=O)c3ccc(CN(c4cccc5cccnc45)S(=O)(=O)c4ccc(C)cc4)cc3)cc2)cc1. The Morgan fingerprint density at radius 1 is 0.792 bits per heavy atom. The number of carbonyl (C=O) groups is 1. The van der Waals surface area contributed by atoms with Gasteiger partial charge in [-0.3, -0.25) is 14.1 Å². The summed E-state index contributed by atoms with van der Waals surface area (Å²) in [7, 11) is -3.96. The van der Waals surface area contributed by atoms with Crippen LogP contribution in [0.5, 0.6) is 5.75 Å². The van der Waals surface area contributed by atoms with Crippen LogP contribution in [0, 0.1) is 13.8 Å². The third-order valence-electron chi connectivity index (χ3n) is 7.82. The van der Waals surface area contributed by atoms with E-state index < -0.39 is 15.9 Å². The summed E-state index contributed by atoms with van der Waals surface area (Å²) in [5.41, 5.74) is 8.74. The van der Waals surface area contributed by atoms with Gasteiger partial charge in [0.1, 0.15) is 12.4 Å². The molecule has 240 valence electrons. The first-order valence-corrected chi connectivity index (χ1v) is 16.8. The van der Waals surface area contributed by atoms with Gasteiger partial charge >= 0.3 is 0 Å². The molecule has 0 bridgehead atoms. The van der Waals surface area contributed by atoms with Crippen molar-refractivity contribution in [3.05, 3.63) is 167 Å². The number of aryl methyl sites for hydroxylation is 2. The second kappa shape index (κ2) is 14.3. The molecule has 1 amide bonds. The molecule has 0 saturated heterocycles. The molecular weight excluding hydrogens is 621 g/mol. The molecule has 0 spiro atoms. The molecule has 6 rings (SSSR count). The van der Waals surface area contributed by atoms with E-state index in [1.807, 2.05) is 74.5 Å². The molecule has 1 heterocycles. The van der Waals surface area contributed by atoms with Crippen molar-refractivity contribution in [2.45, 2.75) is 31.9 Å². The summed E-state index contributed by atoms with van der Waals surface area (Å²) in [6.45, 7) is 4.47. The molecule has 8 nitrogen and oxygen atoms in total. The maximum atomic E-state index is 14.0. The van der Waals surface area contributed by atoms with Crippen molar-refractivity contribution in [2.75, 3.05) is 4.31 Å². The lowest BCUT2D eigenvalue weighted by Crippen LogP contribution is -2.31. The average Bonchev–Trinajstić information content (AvgIpc) is 3.11. The molecule has 9 heteroatoms. The first-order chi connectivity index (χ1) is 23.3. The topological polar surface area (TPSA) is 101 Å². The van der Waals surface area contributed by atoms with Crippen LogP contribution in [0.3, 0.4) is 0 Å². The van der Waals surface area contributed by atoms with E-state index in [1.54, 1.807) is 67.0 Å². The number of hydrazone groups is 1. The Bertz CT molecular complexity index is 2160. The number of fused-ring (bicyclic) bond motifs is 1. The molecule has 48 heavy (non-hydrogen) atoms. The van der Waals surface area contributed by atoms with Crippen LogP contribution in [0.25, 0.3) is 10.9 Å². The highest BCUT2D eigenvalue weighted by Gasteiger charge is 2.27. The molecule has 0 aliphatic heterocycles. The van der Waals surface area contributed by atoms with Gasteiger partial charge in [0, 0.05) is 17.1 Å². The number of carbonyl (C=O) groups excluding carboxylic acids is 1. The Hall–Kier alpha value is -5.80. The monoisotopic (exact) mass is 654 g/mol. The van der Waals surface area contributed by atoms with Gasteiger partial charge in [-0.25, -0.2) is 13.8 Å². The van der Waals surface area contributed by atoms with E-state index in [0.29, 0.717) is 28.9 Å². The molecule has 5 aromatic carbocycles. The number of ether oxygens (including phenoxy) is 1. The van der Waals surface area contributed by atoms with Gasteiger partial charge < -0.3 is 4.74 Å². The summed E-state index contributed by atoms with van der Waals surface area (Å²) in [6.07, 6.45) is 3.21. The molecule has 6 aromatic rings. The third-order valence-corrected chi connectivity index (χ3v) is 9.59. The van der Waals surface area contributed by atoms with Crippen LogP contribution >= 0.6 is 0 Å². The van der Waals surface area contributed by atoms with E-state index in [-0.39, 0.29) is 11.4 Å². The number of hydrogen-bond donors (Lipinski definition) is 1. The van der Waals surface area contributed by atoms with Crippen molar-refractivity contribution < 1.29 is 17.9 Å². The second-order valence-electron chi connectivity index (χ2n) is 11.4. The van der Waals surface area contributed by atoms with Crippen molar-refractivity contribution in [1.82, 2.24) is 10.4 Å². The highest BCUT2D eigenvalue weighted by Crippen LogP contribution is 2.31. The highest BCUT2D eigenvalue weighted by molar-refractivity contribution is 7.92. The summed E-state index contributed by atoms with van der Waals surface area (Å²) in [4.78, 5) is 17.5. The lowest BCUT2D eigenvalue weighted by Gasteiger charge is -2.25. The molecule has 1 N–H and O–H groups in total. The minimum absolute atomic E-state index is 0.0384. The van der Waals surface area contributed by atoms with Gasteiger partial charge in [-0.2, -0.15) is 5.10 Å². The van der Waals surface area contributed by atoms with Gasteiger partial charge in [0.25, 0.3) is 15.9 Å². The van der Waals surface area contributed by atoms with Crippen molar-refractivity contribution in [2.24, 2.45) is 5.10 Å². The first-order valence-electron chi connectivity index (χ1n) is 15.4. The Balaban J connectivity index is 1.13. The van der Waals surface area contributed by atoms with Gasteiger partial charge in [0.05, 0.1) is 28.9 Å². The molecule has 1 aromatic heterocycles. The number of sulfonamides is 1. The van der Waals surface area contributed by atoms with Crippen LogP contribution in [-0.4, -0.2) is 25.5 Å². The van der Waals surface area contributed by atoms with Crippen LogP contribution in [0.15, 0.2) is 144 Å². The van der Waals surface area contributed by atoms with Gasteiger partial charge in [-0.15, -0.1) is 0 Å². The number of nitrogens with one attached hydrogen (secondary N) is 1. The summed E-state index contributed by atoms with van der Waals surface area (Å²) < 4.78 is 35.3. The van der Waals surface area contributed by atoms with E-state index in [9.17, 15) is 13.2 Å². The van der Waals surface area contributed by atoms with Crippen LogP contribution in [0.4, 0.5) is 5.69 Å². The number of benzene rings is 5. The van der Waals surface area contributed by atoms with E-state index in [1.165, 1.54) is 9.87 Å². The Morgan fingerprint density at radius 3 is 2.15 bits per heavy atom. The van der Waals surface area contributed by atoms with E-state index in [4.69, 9.17) is 4.74 Å². The summed E-state index contributed by atoms with van der Waals surface area (Å²) in [5, 5.41) is 4.93. The minimum atomic E-state index is -3.96. The van der Waals surface area contributed by atoms with Crippen LogP contribution < -0.4 is 14.5 Å². The molecule has 0 aliphatic rings. The fraction of sp³-hybridized carbons (Fsp3) is 0.103. The van der Waals surface area contributed by atoms with E-state index in [2.05, 4.69) is 27.6 Å². The lowest BCUT2D eigenvalue weighted by molar-refractivity contribution is 0.0955. The zero-order valence-corrected chi connectivity index (χ0v) is 27.4. The molecule has 0 aliphatic carbocycles. The molecule has 0 unspecified atom stereocenters. The zero-order valence-electron chi connectivity index (χ0n) is 26.6. The summed E-state index contributed by atoms with van der Waals surface area (Å²) in [6, 6.07) is 38.4. The quantitative estimate of drug-likeness (QED) is 0.115. The lowest BCUT2D eigenvalue weighted by atomic mass is 10.1. The maximum Gasteiger partial charge on any atom is 0.271 e. The number of hydrogen-bond acceptors (Lipinski definition) is 6. The molecule has 0 atom stereocenters. The predicted octanol–water partition coefficient (Wildman–Crippen LogP) is 7.59. The number of amides is 1. The fourth-order valence-corrected chi connectivity index (χ4v) is 6.54. The van der Waals surface area contributed by atoms with Crippen molar-refractivity contribution >= 4 is 38.7 Å². The van der Waals surface area contributed by atoms with Crippen molar-refractivity contribution in [1.29, 1.82) is 0 Å². The standard InChI is InChI=1S/C39H34N4O4S/c1-28-8-12-32(13-9-28)27-47-35-20-16-30(17-21-35)25-41-42-39(44)34-18-14-31(15-19-34)26-43(48(45,46)36-22-10-29(2)11-23-36)37-7-3-5-33-6-4-24-40-38(33)37/h3-25H,26-27H2,1-2H3,(H,42,44). The summed E-state index contributed by atoms with van der Waals surface area (Å²) in [5.74, 6) is 0.344. The number of aromatic nitrogens is 1. The van der Waals surface area contributed by atoms with Crippen LogP contribution in [0.2, 0.25) is 0 Å². The number of para-hydroxylation sites is 1. The van der Waals surface area contributed by atoms with Crippen molar-refractivity contribution in [3.63, 3.8) is 0 Å². The first kappa shape index (κ1) is 32.2. The Morgan fingerprint density at radius 2 is 1.44 bits per heavy atom. The van der Waals surface area contributed by atoms with Gasteiger partial charge in [0.15, 0.2) is 0 Å². The van der Waals surface area contributed by atoms with E-state index in [0.717, 1.165) is 27.8 Å². The van der Waals surface area contributed by atoms with Crippen LogP contribution in [-0.2, 0) is 23.2 Å². The molecule has 0 radical (unpaired) electrons. The Kier molecular flexibility index (Phi) is 9.59. The number of anilines is 1. The van der Waals surface area contributed by atoms with Gasteiger partial charge in [-0.1, -0.05) is 77.9 Å². The number of pyridine rings is 1. The molecule has 0 saturated carbocycles. The third kappa shape index (κ3) is 7.59. The van der Waals surface area contributed by atoms with Gasteiger partial charge in [0.2, 0.25) is 0 Å². The smallest absolute Gasteiger partial charge is 0.271 e. The zero-order chi connectivity index (χ0) is 33.5. The largest absolute Gasteiger partial charge is 0.489 e. The average molecular weight is 655 g/mol. The maximum absolute atomic E-state index is 14.0. The number of nitrogens with zero attached hydrogens (tertiary/aromatic N) is 3. The summed E-state index contributed by atoms with van der Waals surface area (Å²) >= 11 is 0. The molecular formula is C39H34N4O4S. The van der Waals surface area contributed by atoms with Gasteiger partial charge in [-0.05, 0) is 91.2 Å². The van der Waals surface area contributed by atoms with E-state index >= 15 is 0 Å². The van der Waals surface area contributed by atoms with Crippen LogP contribution in [0.1, 0.15) is 38.2 Å². The predicted molar refractivity (Wildman–Crippen MR) is 190 cm³/mol. The Labute approximate surface area is 280 Å².